The molecule has 2 heterocycles. The summed E-state index contributed by atoms with van der Waals surface area (Å²) in [7, 11) is 0. The fourth-order valence-corrected chi connectivity index (χ4v) is 3.59. The van der Waals surface area contributed by atoms with Crippen molar-refractivity contribution in [1.29, 1.82) is 0 Å². The summed E-state index contributed by atoms with van der Waals surface area (Å²) in [4.78, 5) is 14.9. The third-order valence-corrected chi connectivity index (χ3v) is 5.01. The molecule has 1 aromatic carbocycles. The lowest BCUT2D eigenvalue weighted by molar-refractivity contribution is -0.137. The van der Waals surface area contributed by atoms with Crippen molar-refractivity contribution >= 4 is 5.91 Å². The Morgan fingerprint density at radius 3 is 2.83 bits per heavy atom. The zero-order chi connectivity index (χ0) is 21.9. The van der Waals surface area contributed by atoms with Crippen LogP contribution in [0.2, 0.25) is 0 Å². The SMILES string of the molecule is Cc1c(C(=O)NCC2CN(CC(C)C)CCO2)cnn1-c1cccc(C(F)(F)F)c1. The molecule has 2 aromatic rings. The Morgan fingerprint density at radius 2 is 2.13 bits per heavy atom. The number of rotatable bonds is 6. The minimum atomic E-state index is -4.44. The molecule has 1 aromatic heterocycles. The molecule has 30 heavy (non-hydrogen) atoms. The molecule has 6 nitrogen and oxygen atoms in total. The van der Waals surface area contributed by atoms with Crippen molar-refractivity contribution in [3.8, 4) is 5.69 Å². The molecule has 1 aliphatic rings. The van der Waals surface area contributed by atoms with E-state index >= 15 is 0 Å². The molecule has 1 aliphatic heterocycles. The quantitative estimate of drug-likeness (QED) is 0.773. The van der Waals surface area contributed by atoms with Crippen LogP contribution >= 0.6 is 0 Å². The Bertz CT molecular complexity index is 879. The van der Waals surface area contributed by atoms with Gasteiger partial charge in [-0.05, 0) is 31.0 Å². The van der Waals surface area contributed by atoms with E-state index in [4.69, 9.17) is 4.74 Å². The summed E-state index contributed by atoms with van der Waals surface area (Å²) in [6, 6.07) is 4.86. The van der Waals surface area contributed by atoms with E-state index in [9.17, 15) is 18.0 Å². The first-order valence-corrected chi connectivity index (χ1v) is 9.99. The minimum absolute atomic E-state index is 0.0970. The number of benzene rings is 1. The number of amides is 1. The number of carbonyl (C=O) groups excluding carboxylic acids is 1. The number of morpholine rings is 1. The first kappa shape index (κ1) is 22.3. The summed E-state index contributed by atoms with van der Waals surface area (Å²) in [5.74, 6) is 0.234. The molecule has 1 saturated heterocycles. The average Bonchev–Trinajstić information content (AvgIpc) is 3.07. The van der Waals surface area contributed by atoms with Crippen LogP contribution in [-0.2, 0) is 10.9 Å². The maximum Gasteiger partial charge on any atom is 0.416 e. The predicted octanol–water partition coefficient (Wildman–Crippen LogP) is 3.29. The lowest BCUT2D eigenvalue weighted by Crippen LogP contribution is -2.48. The molecule has 0 saturated carbocycles. The van der Waals surface area contributed by atoms with Crippen molar-refractivity contribution in [3.05, 3.63) is 47.3 Å². The van der Waals surface area contributed by atoms with Gasteiger partial charge in [-0.1, -0.05) is 19.9 Å². The molecule has 1 unspecified atom stereocenters. The monoisotopic (exact) mass is 424 g/mol. The summed E-state index contributed by atoms with van der Waals surface area (Å²) >= 11 is 0. The van der Waals surface area contributed by atoms with E-state index in [1.165, 1.54) is 23.0 Å². The van der Waals surface area contributed by atoms with Crippen LogP contribution in [0, 0.1) is 12.8 Å². The molecule has 0 bridgehead atoms. The zero-order valence-corrected chi connectivity index (χ0v) is 17.4. The van der Waals surface area contributed by atoms with Gasteiger partial charge in [-0.15, -0.1) is 0 Å². The van der Waals surface area contributed by atoms with Crippen LogP contribution in [0.15, 0.2) is 30.5 Å². The molecule has 1 amide bonds. The molecule has 0 aliphatic carbocycles. The maximum atomic E-state index is 13.0. The van der Waals surface area contributed by atoms with E-state index in [2.05, 4.69) is 29.2 Å². The van der Waals surface area contributed by atoms with E-state index in [0.717, 1.165) is 31.8 Å². The lowest BCUT2D eigenvalue weighted by Gasteiger charge is -2.33. The van der Waals surface area contributed by atoms with Gasteiger partial charge in [-0.3, -0.25) is 9.69 Å². The number of hydrogen-bond donors (Lipinski definition) is 1. The van der Waals surface area contributed by atoms with Gasteiger partial charge in [-0.25, -0.2) is 4.68 Å². The number of alkyl halides is 3. The third-order valence-electron chi connectivity index (χ3n) is 5.01. The number of aromatic nitrogens is 2. The summed E-state index contributed by atoms with van der Waals surface area (Å²) in [6.45, 7) is 9.59. The average molecular weight is 424 g/mol. The highest BCUT2D eigenvalue weighted by Gasteiger charge is 2.31. The van der Waals surface area contributed by atoms with Gasteiger partial charge in [0.25, 0.3) is 5.91 Å². The van der Waals surface area contributed by atoms with Crippen LogP contribution in [0.5, 0.6) is 0 Å². The summed E-state index contributed by atoms with van der Waals surface area (Å²) in [6.07, 6.45) is -3.17. The van der Waals surface area contributed by atoms with Crippen LogP contribution in [-0.4, -0.2) is 59.5 Å². The second-order valence-corrected chi connectivity index (χ2v) is 7.96. The zero-order valence-electron chi connectivity index (χ0n) is 17.4. The standard InChI is InChI=1S/C21H27F3N4O2/c1-14(2)12-27-7-8-30-18(13-27)10-25-20(29)19-11-26-28(15(19)3)17-6-4-5-16(9-17)21(22,23)24/h4-6,9,11,14,18H,7-8,10,12-13H2,1-3H3,(H,25,29). The molecule has 3 rings (SSSR count). The highest BCUT2D eigenvalue weighted by molar-refractivity contribution is 5.95. The van der Waals surface area contributed by atoms with Crippen molar-refractivity contribution in [2.45, 2.75) is 33.1 Å². The predicted molar refractivity (Wildman–Crippen MR) is 107 cm³/mol. The first-order valence-electron chi connectivity index (χ1n) is 9.99. The van der Waals surface area contributed by atoms with E-state index in [-0.39, 0.29) is 17.7 Å². The fraction of sp³-hybridized carbons (Fsp3) is 0.524. The van der Waals surface area contributed by atoms with Crippen LogP contribution in [0.25, 0.3) is 5.69 Å². The van der Waals surface area contributed by atoms with Gasteiger partial charge in [0, 0.05) is 26.2 Å². The minimum Gasteiger partial charge on any atom is -0.374 e. The van der Waals surface area contributed by atoms with E-state index in [0.29, 0.717) is 30.3 Å². The van der Waals surface area contributed by atoms with Crippen molar-refractivity contribution in [2.75, 3.05) is 32.8 Å². The topological polar surface area (TPSA) is 59.4 Å². The van der Waals surface area contributed by atoms with E-state index < -0.39 is 11.7 Å². The summed E-state index contributed by atoms with van der Waals surface area (Å²) in [5.41, 5.74) is 0.280. The van der Waals surface area contributed by atoms with Gasteiger partial charge >= 0.3 is 6.18 Å². The molecule has 1 N–H and O–H groups in total. The Hall–Kier alpha value is -2.39. The van der Waals surface area contributed by atoms with Gasteiger partial charge < -0.3 is 10.1 Å². The number of carbonyl (C=O) groups is 1. The van der Waals surface area contributed by atoms with Gasteiger partial charge in [0.15, 0.2) is 0 Å². The van der Waals surface area contributed by atoms with Crippen LogP contribution < -0.4 is 5.32 Å². The number of ether oxygens (including phenoxy) is 1. The second kappa shape index (κ2) is 9.18. The molecular formula is C21H27F3N4O2. The Kier molecular flexibility index (Phi) is 6.82. The molecule has 9 heteroatoms. The smallest absolute Gasteiger partial charge is 0.374 e. The van der Waals surface area contributed by atoms with Crippen LogP contribution in [0.3, 0.4) is 0 Å². The van der Waals surface area contributed by atoms with Crippen molar-refractivity contribution in [1.82, 2.24) is 20.0 Å². The van der Waals surface area contributed by atoms with Crippen molar-refractivity contribution < 1.29 is 22.7 Å². The Balaban J connectivity index is 1.65. The van der Waals surface area contributed by atoms with Crippen LogP contribution in [0.1, 0.15) is 35.5 Å². The van der Waals surface area contributed by atoms with E-state index in [1.54, 1.807) is 6.92 Å². The normalized spacial score (nSPS) is 18.0. The Labute approximate surface area is 174 Å². The first-order chi connectivity index (χ1) is 14.1. The molecule has 1 atom stereocenters. The largest absolute Gasteiger partial charge is 0.416 e. The van der Waals surface area contributed by atoms with Gasteiger partial charge in [0.1, 0.15) is 0 Å². The molecule has 0 radical (unpaired) electrons. The highest BCUT2D eigenvalue weighted by atomic mass is 19.4. The van der Waals surface area contributed by atoms with Gasteiger partial charge in [0.2, 0.25) is 0 Å². The lowest BCUT2D eigenvalue weighted by atomic mass is 10.1. The van der Waals surface area contributed by atoms with E-state index in [1.807, 2.05) is 0 Å². The van der Waals surface area contributed by atoms with Gasteiger partial charge in [-0.2, -0.15) is 18.3 Å². The second-order valence-electron chi connectivity index (χ2n) is 7.96. The van der Waals surface area contributed by atoms with Gasteiger partial charge in [0.05, 0.1) is 41.4 Å². The molecule has 1 fully saturated rings. The van der Waals surface area contributed by atoms with Crippen molar-refractivity contribution in [3.63, 3.8) is 0 Å². The maximum absolute atomic E-state index is 13.0. The molecule has 164 valence electrons. The number of halogens is 3. The molecular weight excluding hydrogens is 397 g/mol. The summed E-state index contributed by atoms with van der Waals surface area (Å²) < 4.78 is 46.0. The number of nitrogens with one attached hydrogen (secondary N) is 1. The molecule has 0 spiro atoms. The fourth-order valence-electron chi connectivity index (χ4n) is 3.59. The highest BCUT2D eigenvalue weighted by Crippen LogP contribution is 2.30. The van der Waals surface area contributed by atoms with Crippen molar-refractivity contribution in [2.24, 2.45) is 5.92 Å². The van der Waals surface area contributed by atoms with Crippen LogP contribution in [0.4, 0.5) is 13.2 Å². The third kappa shape index (κ3) is 5.40. The Morgan fingerprint density at radius 1 is 1.37 bits per heavy atom. The summed E-state index contributed by atoms with van der Waals surface area (Å²) in [5, 5.41) is 6.98. The number of nitrogens with zero attached hydrogens (tertiary/aromatic N) is 3. The number of hydrogen-bond acceptors (Lipinski definition) is 4.